The zero-order valence-electron chi connectivity index (χ0n) is 23.9. The molecule has 0 heterocycles. The maximum atomic E-state index is 15.1. The summed E-state index contributed by atoms with van der Waals surface area (Å²) < 4.78 is 57.0. The Morgan fingerprint density at radius 1 is 1.18 bits per heavy atom. The third-order valence-corrected chi connectivity index (χ3v) is 6.63. The van der Waals surface area contributed by atoms with Gasteiger partial charge in [0.15, 0.2) is 0 Å². The number of halogens is 2. The van der Waals surface area contributed by atoms with Crippen molar-refractivity contribution in [2.45, 2.75) is 86.1 Å². The summed E-state index contributed by atoms with van der Waals surface area (Å²) in [6, 6.07) is -0.486. The Labute approximate surface area is 232 Å². The van der Waals surface area contributed by atoms with Gasteiger partial charge >= 0.3 is 0 Å². The summed E-state index contributed by atoms with van der Waals surface area (Å²) in [5.74, 6) is -3.32. The van der Waals surface area contributed by atoms with Crippen LogP contribution in [0.1, 0.15) is 74.1 Å². The molecule has 0 amide bonds. The second kappa shape index (κ2) is 18.3. The van der Waals surface area contributed by atoms with E-state index in [1.165, 1.54) is 19.2 Å². The third-order valence-electron chi connectivity index (χ3n) is 4.94. The molecule has 218 valence electrons. The topological polar surface area (TPSA) is 116 Å². The van der Waals surface area contributed by atoms with Gasteiger partial charge in [-0.3, -0.25) is 4.99 Å². The van der Waals surface area contributed by atoms with Crippen molar-refractivity contribution in [1.82, 2.24) is 10.6 Å². The van der Waals surface area contributed by atoms with Crippen molar-refractivity contribution in [3.63, 3.8) is 0 Å². The number of unbranched alkanes of at least 4 members (excludes halogenated alkanes) is 1. The molecule has 38 heavy (non-hydrogen) atoms. The van der Waals surface area contributed by atoms with Crippen LogP contribution in [0, 0.1) is 5.92 Å². The summed E-state index contributed by atoms with van der Waals surface area (Å²) in [6.07, 6.45) is 9.62. The number of nitrogens with zero attached hydrogens (tertiary/aromatic N) is 3. The Morgan fingerprint density at radius 2 is 1.84 bits per heavy atom. The standard InChI is InChI=1S/C26H45F2N5O3S2/c1-9-12-13-24(37-18-26(27,28)22(11-3)16-29-15-20(6)10-2)32-25(30-21(7)33-38(8,35)36)31-23(17-34)14-19(4)5/h11,13,15-16,19,23,34H,9-10,12,14,17-18H2,1-8H3,(H2,30,31,32,33)/b20-15?,22-11+,24-13-,29-16?/t23-/m1/s1. The van der Waals surface area contributed by atoms with E-state index in [0.29, 0.717) is 17.9 Å². The lowest BCUT2D eigenvalue weighted by Crippen LogP contribution is -2.41. The van der Waals surface area contributed by atoms with Gasteiger partial charge in [-0.15, -0.1) is 11.8 Å². The highest BCUT2D eigenvalue weighted by atomic mass is 32.2. The number of thioether (sulfide) groups is 1. The van der Waals surface area contributed by atoms with E-state index < -0.39 is 27.7 Å². The minimum absolute atomic E-state index is 0.0491. The molecule has 0 saturated heterocycles. The molecule has 0 saturated carbocycles. The second-order valence-corrected chi connectivity index (χ2v) is 12.0. The average Bonchev–Trinajstić information content (AvgIpc) is 2.80. The first-order valence-electron chi connectivity index (χ1n) is 12.7. The Morgan fingerprint density at radius 3 is 2.34 bits per heavy atom. The molecule has 0 aliphatic heterocycles. The number of alkyl halides is 2. The molecule has 0 radical (unpaired) electrons. The lowest BCUT2D eigenvalue weighted by molar-refractivity contribution is 0.0761. The Kier molecular flexibility index (Phi) is 17.3. The van der Waals surface area contributed by atoms with E-state index in [1.807, 2.05) is 34.6 Å². The molecule has 0 fully saturated rings. The third kappa shape index (κ3) is 16.7. The molecule has 0 aliphatic carbocycles. The van der Waals surface area contributed by atoms with Crippen LogP contribution in [0.25, 0.3) is 0 Å². The maximum absolute atomic E-state index is 15.1. The van der Waals surface area contributed by atoms with E-state index in [4.69, 9.17) is 0 Å². The van der Waals surface area contributed by atoms with Gasteiger partial charge in [0, 0.05) is 18.0 Å². The molecule has 12 heteroatoms. The molecule has 3 N–H and O–H groups in total. The van der Waals surface area contributed by atoms with E-state index in [0.717, 1.165) is 36.4 Å². The summed E-state index contributed by atoms with van der Waals surface area (Å²) in [6.45, 7) is 12.6. The number of nitrogens with one attached hydrogen (secondary N) is 2. The zero-order chi connectivity index (χ0) is 29.4. The van der Waals surface area contributed by atoms with Crippen LogP contribution in [0.5, 0.6) is 0 Å². The zero-order valence-corrected chi connectivity index (χ0v) is 25.5. The van der Waals surface area contributed by atoms with Gasteiger partial charge in [0.25, 0.3) is 15.9 Å². The van der Waals surface area contributed by atoms with Gasteiger partial charge in [0.1, 0.15) is 5.84 Å². The lowest BCUT2D eigenvalue weighted by Gasteiger charge is -2.21. The van der Waals surface area contributed by atoms with Crippen LogP contribution >= 0.6 is 11.8 Å². The number of aliphatic hydroxyl groups is 1. The number of guanidine groups is 1. The first kappa shape index (κ1) is 35.9. The first-order chi connectivity index (χ1) is 17.7. The Balaban J connectivity index is 6.03. The molecule has 0 unspecified atom stereocenters. The minimum atomic E-state index is -3.67. The molecule has 0 rings (SSSR count). The van der Waals surface area contributed by atoms with Crippen LogP contribution in [0.15, 0.2) is 48.9 Å². The highest BCUT2D eigenvalue weighted by Crippen LogP contribution is 2.30. The van der Waals surface area contributed by atoms with Crippen molar-refractivity contribution in [3.8, 4) is 0 Å². The SMILES string of the molecule is C/C=C(\C=NC=C(C)CC)C(F)(F)CS/C(=C\CCC)NC(=N[C@@H](CO)CC(C)C)N/C(C)=N\S(C)(=O)=O. The number of sulfonamides is 1. The molecular formula is C26H45F2N5O3S2. The van der Waals surface area contributed by atoms with Gasteiger partial charge in [0.2, 0.25) is 5.96 Å². The normalized spacial score (nSPS) is 15.9. The van der Waals surface area contributed by atoms with E-state index in [9.17, 15) is 13.5 Å². The number of hydrogen-bond acceptors (Lipinski definition) is 6. The second-order valence-electron chi connectivity index (χ2n) is 9.30. The monoisotopic (exact) mass is 577 g/mol. The maximum Gasteiger partial charge on any atom is 0.283 e. The van der Waals surface area contributed by atoms with Gasteiger partial charge in [0.05, 0.1) is 29.7 Å². The van der Waals surface area contributed by atoms with Crippen molar-refractivity contribution in [2.24, 2.45) is 20.3 Å². The van der Waals surface area contributed by atoms with Gasteiger partial charge < -0.3 is 15.7 Å². The number of hydrogen-bond donors (Lipinski definition) is 3. The Hall–Kier alpha value is -2.05. The van der Waals surface area contributed by atoms with Crippen molar-refractivity contribution in [1.29, 1.82) is 0 Å². The highest BCUT2D eigenvalue weighted by Gasteiger charge is 2.33. The number of aliphatic imine (C=N–C) groups is 2. The van der Waals surface area contributed by atoms with Gasteiger partial charge in [-0.2, -0.15) is 4.40 Å². The van der Waals surface area contributed by atoms with E-state index in [-0.39, 0.29) is 29.9 Å². The van der Waals surface area contributed by atoms with Crippen LogP contribution in [0.4, 0.5) is 8.78 Å². The predicted molar refractivity (Wildman–Crippen MR) is 159 cm³/mol. The number of allylic oxidation sites excluding steroid dienone is 4. The van der Waals surface area contributed by atoms with Crippen molar-refractivity contribution < 1.29 is 22.3 Å². The molecule has 0 aliphatic rings. The molecular weight excluding hydrogens is 532 g/mol. The molecule has 0 aromatic heterocycles. The van der Waals surface area contributed by atoms with E-state index in [1.54, 1.807) is 19.2 Å². The van der Waals surface area contributed by atoms with E-state index >= 15 is 8.78 Å². The summed E-state index contributed by atoms with van der Waals surface area (Å²) in [5.41, 5.74) is 0.788. The van der Waals surface area contributed by atoms with Crippen LogP contribution < -0.4 is 10.6 Å². The van der Waals surface area contributed by atoms with Crippen molar-refractivity contribution in [3.05, 3.63) is 34.5 Å². The summed E-state index contributed by atoms with van der Waals surface area (Å²) >= 11 is 0.914. The smallest absolute Gasteiger partial charge is 0.283 e. The lowest BCUT2D eigenvalue weighted by atomic mass is 10.1. The fourth-order valence-electron chi connectivity index (χ4n) is 2.94. The number of rotatable bonds is 15. The van der Waals surface area contributed by atoms with Crippen LogP contribution in [0.3, 0.4) is 0 Å². The fourth-order valence-corrected chi connectivity index (χ4v) is 4.39. The van der Waals surface area contributed by atoms with E-state index in [2.05, 4.69) is 25.0 Å². The average molecular weight is 578 g/mol. The predicted octanol–water partition coefficient (Wildman–Crippen LogP) is 5.65. The van der Waals surface area contributed by atoms with Crippen LogP contribution in [-0.4, -0.2) is 62.1 Å². The van der Waals surface area contributed by atoms with Crippen LogP contribution in [0.2, 0.25) is 0 Å². The number of aliphatic hydroxyl groups excluding tert-OH is 1. The minimum Gasteiger partial charge on any atom is -0.394 e. The number of amidine groups is 1. The largest absolute Gasteiger partial charge is 0.394 e. The molecule has 0 bridgehead atoms. The first-order valence-corrected chi connectivity index (χ1v) is 15.6. The van der Waals surface area contributed by atoms with Gasteiger partial charge in [-0.25, -0.2) is 22.2 Å². The molecule has 1 atom stereocenters. The van der Waals surface area contributed by atoms with Gasteiger partial charge in [-0.1, -0.05) is 51.8 Å². The van der Waals surface area contributed by atoms with Gasteiger partial charge in [-0.05, 0) is 46.0 Å². The summed E-state index contributed by atoms with van der Waals surface area (Å²) in [5, 5.41) is 16.1. The van der Waals surface area contributed by atoms with Crippen LogP contribution in [-0.2, 0) is 10.0 Å². The van der Waals surface area contributed by atoms with Crippen molar-refractivity contribution in [2.75, 3.05) is 18.6 Å². The molecule has 0 spiro atoms. The quantitative estimate of drug-likeness (QED) is 0.171. The highest BCUT2D eigenvalue weighted by molar-refractivity contribution is 8.03. The molecule has 8 nitrogen and oxygen atoms in total. The fraction of sp³-hybridized carbons (Fsp3) is 0.654. The molecule has 0 aromatic rings. The van der Waals surface area contributed by atoms with Crippen molar-refractivity contribution >= 4 is 39.8 Å². The summed E-state index contributed by atoms with van der Waals surface area (Å²) in [4.78, 5) is 8.54. The Bertz CT molecular complexity index is 1020. The summed E-state index contributed by atoms with van der Waals surface area (Å²) in [7, 11) is -3.67. The molecule has 0 aromatic carbocycles.